The van der Waals surface area contributed by atoms with Gasteiger partial charge in [-0.3, -0.25) is 4.79 Å². The highest BCUT2D eigenvalue weighted by molar-refractivity contribution is 6.03. The van der Waals surface area contributed by atoms with Crippen LogP contribution in [0.3, 0.4) is 0 Å². The molecule has 0 saturated carbocycles. The number of Topliss-reactive ketones (excluding diaryl/α,β-unsaturated/α-hetero) is 1. The lowest BCUT2D eigenvalue weighted by atomic mass is 9.95. The summed E-state index contributed by atoms with van der Waals surface area (Å²) in [6, 6.07) is 25.1. The van der Waals surface area contributed by atoms with Crippen molar-refractivity contribution in [2.75, 3.05) is 34.2 Å². The molecule has 0 radical (unpaired) electrons. The predicted octanol–water partition coefficient (Wildman–Crippen LogP) is 4.30. The fourth-order valence-corrected chi connectivity index (χ4v) is 4.80. The minimum atomic E-state index is -0.866. The molecule has 0 aromatic heterocycles. The standard InChI is InChI=1S/C30H31N5O2/c1-33(2)16-17-34(3)20-22-10-12-23(13-11-22)26-18-27-25-6-4-5-7-28(25)37-30(35(27)32-26)29(36)24-14-8-21(19-31)9-15-24/h4-15,27,30H,16-18,20H2,1-3H3. The number of rotatable bonds is 8. The highest BCUT2D eigenvalue weighted by atomic mass is 16.5. The maximum Gasteiger partial charge on any atom is 0.251 e. The summed E-state index contributed by atoms with van der Waals surface area (Å²) in [6.45, 7) is 2.92. The topological polar surface area (TPSA) is 72.2 Å². The molecule has 2 aliphatic rings. The summed E-state index contributed by atoms with van der Waals surface area (Å²) in [6.07, 6.45) is -0.172. The number of benzene rings is 3. The zero-order valence-corrected chi connectivity index (χ0v) is 21.5. The van der Waals surface area contributed by atoms with Crippen LogP contribution in [0.4, 0.5) is 0 Å². The third kappa shape index (κ3) is 5.26. The molecule has 0 aliphatic carbocycles. The van der Waals surface area contributed by atoms with Crippen molar-refractivity contribution in [2.45, 2.75) is 25.2 Å². The maximum atomic E-state index is 13.5. The first-order valence-electron chi connectivity index (χ1n) is 12.5. The molecule has 2 atom stereocenters. The van der Waals surface area contributed by atoms with Crippen molar-refractivity contribution in [2.24, 2.45) is 5.10 Å². The van der Waals surface area contributed by atoms with Crippen LogP contribution < -0.4 is 4.74 Å². The molecule has 37 heavy (non-hydrogen) atoms. The third-order valence-corrected chi connectivity index (χ3v) is 6.89. The van der Waals surface area contributed by atoms with E-state index in [9.17, 15) is 4.79 Å². The molecule has 2 aliphatic heterocycles. The van der Waals surface area contributed by atoms with Gasteiger partial charge in [0.15, 0.2) is 0 Å². The SMILES string of the molecule is CN(C)CCN(C)Cc1ccc(C2=NN3C(C(=O)c4ccc(C#N)cc4)Oc4ccccc4C3C2)cc1. The van der Waals surface area contributed by atoms with Crippen molar-refractivity contribution in [1.82, 2.24) is 14.8 Å². The van der Waals surface area contributed by atoms with Gasteiger partial charge in [0.1, 0.15) is 5.75 Å². The Hall–Kier alpha value is -3.99. The van der Waals surface area contributed by atoms with E-state index in [0.717, 1.165) is 36.5 Å². The maximum absolute atomic E-state index is 13.5. The fraction of sp³-hybridized carbons (Fsp3) is 0.300. The molecule has 188 valence electrons. The van der Waals surface area contributed by atoms with Gasteiger partial charge in [0.2, 0.25) is 5.78 Å². The average molecular weight is 494 g/mol. The number of nitrogens with zero attached hydrogens (tertiary/aromatic N) is 5. The van der Waals surface area contributed by atoms with Crippen molar-refractivity contribution in [1.29, 1.82) is 5.26 Å². The van der Waals surface area contributed by atoms with Gasteiger partial charge in [0, 0.05) is 37.2 Å². The Morgan fingerprint density at radius 2 is 1.76 bits per heavy atom. The first-order chi connectivity index (χ1) is 17.9. The van der Waals surface area contributed by atoms with Crippen LogP contribution >= 0.6 is 0 Å². The van der Waals surface area contributed by atoms with Gasteiger partial charge in [-0.25, -0.2) is 5.01 Å². The number of para-hydroxylation sites is 1. The number of ketones is 1. The zero-order chi connectivity index (χ0) is 25.9. The number of ether oxygens (including phenoxy) is 1. The van der Waals surface area contributed by atoms with E-state index >= 15 is 0 Å². The second kappa shape index (κ2) is 10.6. The number of likely N-dealkylation sites (N-methyl/N-ethyl adjacent to an activating group) is 2. The normalized spacial score (nSPS) is 18.2. The highest BCUT2D eigenvalue weighted by Gasteiger charge is 2.43. The molecule has 0 amide bonds. The monoisotopic (exact) mass is 493 g/mol. The van der Waals surface area contributed by atoms with Crippen LogP contribution in [0.25, 0.3) is 0 Å². The van der Waals surface area contributed by atoms with E-state index in [1.54, 1.807) is 29.3 Å². The molecule has 0 N–H and O–H groups in total. The molecule has 0 bridgehead atoms. The number of nitriles is 1. The molecule has 2 unspecified atom stereocenters. The van der Waals surface area contributed by atoms with Gasteiger partial charge < -0.3 is 14.5 Å². The highest BCUT2D eigenvalue weighted by Crippen LogP contribution is 2.43. The van der Waals surface area contributed by atoms with E-state index in [2.05, 4.69) is 61.3 Å². The number of fused-ring (bicyclic) bond motifs is 3. The van der Waals surface area contributed by atoms with Crippen molar-refractivity contribution in [3.8, 4) is 11.8 Å². The third-order valence-electron chi connectivity index (χ3n) is 6.89. The number of hydrogen-bond donors (Lipinski definition) is 0. The lowest BCUT2D eigenvalue weighted by molar-refractivity contribution is -0.00455. The van der Waals surface area contributed by atoms with Crippen molar-refractivity contribution >= 4 is 11.5 Å². The van der Waals surface area contributed by atoms with Crippen molar-refractivity contribution in [3.63, 3.8) is 0 Å². The summed E-state index contributed by atoms with van der Waals surface area (Å²) < 4.78 is 6.20. The van der Waals surface area contributed by atoms with Crippen molar-refractivity contribution in [3.05, 3.63) is 101 Å². The Balaban J connectivity index is 1.38. The van der Waals surface area contributed by atoms with E-state index in [1.807, 2.05) is 24.3 Å². The largest absolute Gasteiger partial charge is 0.461 e. The Morgan fingerprint density at radius 3 is 2.46 bits per heavy atom. The van der Waals surface area contributed by atoms with Crippen LogP contribution in [0, 0.1) is 11.3 Å². The first-order valence-corrected chi connectivity index (χ1v) is 12.5. The molecule has 5 rings (SSSR count). The van der Waals surface area contributed by atoms with E-state index in [4.69, 9.17) is 15.1 Å². The molecule has 7 nitrogen and oxygen atoms in total. The van der Waals surface area contributed by atoms with Gasteiger partial charge in [-0.15, -0.1) is 0 Å². The lowest BCUT2D eigenvalue weighted by Gasteiger charge is -2.37. The Labute approximate surface area is 218 Å². The number of carbonyl (C=O) groups excluding carboxylic acids is 1. The molecule has 0 saturated heterocycles. The van der Waals surface area contributed by atoms with Crippen LogP contribution in [-0.2, 0) is 6.54 Å². The second-order valence-corrected chi connectivity index (χ2v) is 9.95. The van der Waals surface area contributed by atoms with Gasteiger partial charge in [-0.1, -0.05) is 42.5 Å². The van der Waals surface area contributed by atoms with Gasteiger partial charge in [-0.2, -0.15) is 10.4 Å². The fourth-order valence-electron chi connectivity index (χ4n) is 4.80. The van der Waals surface area contributed by atoms with E-state index in [-0.39, 0.29) is 11.8 Å². The minimum absolute atomic E-state index is 0.0795. The molecule has 7 heteroatoms. The van der Waals surface area contributed by atoms with Gasteiger partial charge in [0.05, 0.1) is 23.4 Å². The number of hydrogen-bond acceptors (Lipinski definition) is 7. The minimum Gasteiger partial charge on any atom is -0.461 e. The molecule has 0 spiro atoms. The van der Waals surface area contributed by atoms with Crippen LogP contribution in [0.1, 0.15) is 45.1 Å². The zero-order valence-electron chi connectivity index (χ0n) is 21.5. The molecule has 3 aromatic rings. The second-order valence-electron chi connectivity index (χ2n) is 9.95. The first kappa shape index (κ1) is 24.7. The summed E-state index contributed by atoms with van der Waals surface area (Å²) >= 11 is 0. The predicted molar refractivity (Wildman–Crippen MR) is 143 cm³/mol. The Morgan fingerprint density at radius 1 is 1.03 bits per heavy atom. The van der Waals surface area contributed by atoms with Crippen molar-refractivity contribution < 1.29 is 9.53 Å². The van der Waals surface area contributed by atoms with Crippen LogP contribution in [0.5, 0.6) is 5.75 Å². The molecule has 2 heterocycles. The number of hydrazone groups is 1. The smallest absolute Gasteiger partial charge is 0.251 e. The summed E-state index contributed by atoms with van der Waals surface area (Å²) in [5.41, 5.74) is 5.28. The number of carbonyl (C=O) groups is 1. The van der Waals surface area contributed by atoms with Gasteiger partial charge >= 0.3 is 0 Å². The average Bonchev–Trinajstić information content (AvgIpc) is 3.37. The molecule has 3 aromatic carbocycles. The molecule has 0 fully saturated rings. The molecular formula is C30H31N5O2. The van der Waals surface area contributed by atoms with Crippen LogP contribution in [0.2, 0.25) is 0 Å². The van der Waals surface area contributed by atoms with E-state index in [1.165, 1.54) is 5.56 Å². The molecular weight excluding hydrogens is 462 g/mol. The van der Waals surface area contributed by atoms with Crippen LogP contribution in [-0.4, -0.2) is 66.8 Å². The quantitative estimate of drug-likeness (QED) is 0.436. The Bertz CT molecular complexity index is 1340. The van der Waals surface area contributed by atoms with Gasteiger partial charge in [0.25, 0.3) is 6.23 Å². The summed E-state index contributed by atoms with van der Waals surface area (Å²) in [5.74, 6) is 0.536. The summed E-state index contributed by atoms with van der Waals surface area (Å²) in [4.78, 5) is 18.0. The van der Waals surface area contributed by atoms with Crippen LogP contribution in [0.15, 0.2) is 77.9 Å². The van der Waals surface area contributed by atoms with E-state index in [0.29, 0.717) is 23.3 Å². The van der Waals surface area contributed by atoms with Gasteiger partial charge in [-0.05, 0) is 62.6 Å². The summed E-state index contributed by atoms with van der Waals surface area (Å²) in [7, 11) is 6.31. The lowest BCUT2D eigenvalue weighted by Crippen LogP contribution is -2.45. The van der Waals surface area contributed by atoms with E-state index < -0.39 is 6.23 Å². The Kier molecular flexibility index (Phi) is 7.04. The summed E-state index contributed by atoms with van der Waals surface area (Å²) in [5, 5.41) is 15.8.